The van der Waals surface area contributed by atoms with Crippen molar-refractivity contribution in [2.45, 2.75) is 50.7 Å². The van der Waals surface area contributed by atoms with Gasteiger partial charge in [-0.05, 0) is 49.8 Å². The van der Waals surface area contributed by atoms with Gasteiger partial charge in [-0.1, -0.05) is 12.1 Å². The van der Waals surface area contributed by atoms with Crippen LogP contribution in [0.5, 0.6) is 5.75 Å². The first-order valence-corrected chi connectivity index (χ1v) is 7.07. The average Bonchev–Trinajstić information content (AvgIpc) is 2.40. The highest BCUT2D eigenvalue weighted by Gasteiger charge is 2.31. The quantitative estimate of drug-likeness (QED) is 0.905. The zero-order chi connectivity index (χ0) is 15.3. The van der Waals surface area contributed by atoms with Gasteiger partial charge in [-0.15, -0.1) is 13.2 Å². The Hall–Kier alpha value is -1.27. The number of alkyl halides is 3. The van der Waals surface area contributed by atoms with Crippen molar-refractivity contribution in [3.63, 3.8) is 0 Å². The third-order valence-electron chi connectivity index (χ3n) is 3.44. The molecule has 1 aliphatic heterocycles. The number of halogens is 3. The number of rotatable bonds is 5. The fourth-order valence-corrected chi connectivity index (χ4v) is 2.48. The molecule has 1 fully saturated rings. The number of hydrogen-bond acceptors (Lipinski definition) is 3. The fourth-order valence-electron chi connectivity index (χ4n) is 2.48. The predicted molar refractivity (Wildman–Crippen MR) is 71.0 cm³/mol. The van der Waals surface area contributed by atoms with Crippen LogP contribution >= 0.6 is 0 Å². The van der Waals surface area contributed by atoms with E-state index in [1.807, 2.05) is 0 Å². The number of aliphatic hydroxyl groups is 1. The molecule has 1 N–H and O–H groups in total. The lowest BCUT2D eigenvalue weighted by atomic mass is 9.99. The van der Waals surface area contributed by atoms with E-state index < -0.39 is 12.5 Å². The van der Waals surface area contributed by atoms with E-state index in [2.05, 4.69) is 4.74 Å². The molecule has 2 atom stereocenters. The van der Waals surface area contributed by atoms with Crippen molar-refractivity contribution in [1.82, 2.24) is 0 Å². The Labute approximate surface area is 121 Å². The summed E-state index contributed by atoms with van der Waals surface area (Å²) in [6, 6.07) is 5.58. The third-order valence-corrected chi connectivity index (χ3v) is 3.44. The minimum Gasteiger partial charge on any atom is -0.406 e. The van der Waals surface area contributed by atoms with Crippen LogP contribution < -0.4 is 4.74 Å². The van der Waals surface area contributed by atoms with E-state index in [0.717, 1.165) is 31.4 Å². The van der Waals surface area contributed by atoms with E-state index in [-0.39, 0.29) is 11.9 Å². The first-order valence-electron chi connectivity index (χ1n) is 7.07. The van der Waals surface area contributed by atoms with Crippen LogP contribution in [-0.2, 0) is 11.2 Å². The lowest BCUT2D eigenvalue weighted by molar-refractivity contribution is -0.274. The van der Waals surface area contributed by atoms with Gasteiger partial charge in [0, 0.05) is 6.61 Å². The molecule has 0 saturated carbocycles. The Balaban J connectivity index is 1.81. The molecule has 21 heavy (non-hydrogen) atoms. The lowest BCUT2D eigenvalue weighted by Crippen LogP contribution is -2.25. The first-order chi connectivity index (χ1) is 9.92. The minimum absolute atomic E-state index is 0.0848. The van der Waals surface area contributed by atoms with Crippen molar-refractivity contribution in [3.05, 3.63) is 29.8 Å². The number of hydrogen-bond donors (Lipinski definition) is 1. The fraction of sp³-hybridized carbons (Fsp3) is 0.600. The van der Waals surface area contributed by atoms with E-state index in [1.54, 1.807) is 0 Å². The van der Waals surface area contributed by atoms with Crippen LogP contribution in [0.2, 0.25) is 0 Å². The van der Waals surface area contributed by atoms with Crippen LogP contribution in [0.15, 0.2) is 24.3 Å². The average molecular weight is 304 g/mol. The van der Waals surface area contributed by atoms with Gasteiger partial charge in [0.15, 0.2) is 0 Å². The van der Waals surface area contributed by atoms with E-state index in [4.69, 9.17) is 4.74 Å². The molecule has 0 bridgehead atoms. The monoisotopic (exact) mass is 304 g/mol. The SMILES string of the molecule is OC(Cc1ccc(OC(F)(F)F)cc1)CC1CCCCO1. The summed E-state index contributed by atoms with van der Waals surface area (Å²) in [5.41, 5.74) is 0.771. The van der Waals surface area contributed by atoms with Gasteiger partial charge in [-0.25, -0.2) is 0 Å². The van der Waals surface area contributed by atoms with Gasteiger partial charge in [0.2, 0.25) is 0 Å². The van der Waals surface area contributed by atoms with Gasteiger partial charge in [0.05, 0.1) is 12.2 Å². The topological polar surface area (TPSA) is 38.7 Å². The highest BCUT2D eigenvalue weighted by Crippen LogP contribution is 2.24. The molecule has 0 aliphatic carbocycles. The summed E-state index contributed by atoms with van der Waals surface area (Å²) in [5.74, 6) is -0.253. The Morgan fingerprint density at radius 3 is 2.52 bits per heavy atom. The number of aliphatic hydroxyl groups excluding tert-OH is 1. The summed E-state index contributed by atoms with van der Waals surface area (Å²) in [4.78, 5) is 0. The molecule has 0 aromatic heterocycles. The van der Waals surface area contributed by atoms with Crippen LogP contribution in [0.4, 0.5) is 13.2 Å². The van der Waals surface area contributed by atoms with Crippen molar-refractivity contribution < 1.29 is 27.8 Å². The minimum atomic E-state index is -4.68. The van der Waals surface area contributed by atoms with Gasteiger partial charge in [0.1, 0.15) is 5.75 Å². The van der Waals surface area contributed by atoms with Crippen molar-refractivity contribution in [3.8, 4) is 5.75 Å². The molecule has 1 aromatic rings. The molecule has 1 saturated heterocycles. The normalized spacial score (nSPS) is 21.0. The summed E-state index contributed by atoms with van der Waals surface area (Å²) in [6.45, 7) is 0.737. The third kappa shape index (κ3) is 5.93. The van der Waals surface area contributed by atoms with Crippen LogP contribution in [0.25, 0.3) is 0 Å². The lowest BCUT2D eigenvalue weighted by Gasteiger charge is -2.24. The molecule has 1 aromatic carbocycles. The second-order valence-electron chi connectivity index (χ2n) is 5.27. The van der Waals surface area contributed by atoms with E-state index >= 15 is 0 Å². The molecule has 0 radical (unpaired) electrons. The Kier molecular flexibility index (Phi) is 5.47. The summed E-state index contributed by atoms with van der Waals surface area (Å²) in [5, 5.41) is 10.0. The smallest absolute Gasteiger partial charge is 0.406 e. The molecule has 6 heteroatoms. The molecule has 3 nitrogen and oxygen atoms in total. The maximum atomic E-state index is 12.0. The highest BCUT2D eigenvalue weighted by atomic mass is 19.4. The largest absolute Gasteiger partial charge is 0.573 e. The van der Waals surface area contributed by atoms with Gasteiger partial charge >= 0.3 is 6.36 Å². The predicted octanol–water partition coefficient (Wildman–Crippen LogP) is 3.45. The van der Waals surface area contributed by atoms with Crippen LogP contribution in [0, 0.1) is 0 Å². The second kappa shape index (κ2) is 7.13. The van der Waals surface area contributed by atoms with Gasteiger partial charge in [-0.2, -0.15) is 0 Å². The highest BCUT2D eigenvalue weighted by molar-refractivity contribution is 5.27. The molecule has 118 valence electrons. The molecule has 2 unspecified atom stereocenters. The van der Waals surface area contributed by atoms with E-state index in [1.165, 1.54) is 24.3 Å². The van der Waals surface area contributed by atoms with E-state index in [0.29, 0.717) is 12.8 Å². The van der Waals surface area contributed by atoms with Crippen molar-refractivity contribution in [2.75, 3.05) is 6.61 Å². The Bertz CT molecular complexity index is 425. The van der Waals surface area contributed by atoms with Crippen LogP contribution in [-0.4, -0.2) is 30.3 Å². The molecule has 0 spiro atoms. The maximum Gasteiger partial charge on any atom is 0.573 e. The molecule has 2 rings (SSSR count). The van der Waals surface area contributed by atoms with Gasteiger partial charge in [0.25, 0.3) is 0 Å². The zero-order valence-electron chi connectivity index (χ0n) is 11.6. The summed E-state index contributed by atoms with van der Waals surface area (Å²) >= 11 is 0. The molecular formula is C15H19F3O3. The van der Waals surface area contributed by atoms with Gasteiger partial charge < -0.3 is 14.6 Å². The summed E-state index contributed by atoms with van der Waals surface area (Å²) in [6.07, 6.45) is -1.07. The van der Waals surface area contributed by atoms with E-state index in [9.17, 15) is 18.3 Å². The molecule has 1 aliphatic rings. The number of benzene rings is 1. The Morgan fingerprint density at radius 1 is 1.24 bits per heavy atom. The van der Waals surface area contributed by atoms with Crippen molar-refractivity contribution in [2.24, 2.45) is 0 Å². The standard InChI is InChI=1S/C15H19F3O3/c16-15(17,18)21-13-6-4-11(5-7-13)9-12(19)10-14-3-1-2-8-20-14/h4-7,12,14,19H,1-3,8-10H2. The summed E-state index contributed by atoms with van der Waals surface area (Å²) in [7, 11) is 0. The molecule has 0 amide bonds. The van der Waals surface area contributed by atoms with Crippen LogP contribution in [0.1, 0.15) is 31.2 Å². The van der Waals surface area contributed by atoms with Crippen molar-refractivity contribution >= 4 is 0 Å². The second-order valence-corrected chi connectivity index (χ2v) is 5.27. The number of ether oxygens (including phenoxy) is 2. The summed E-state index contributed by atoms with van der Waals surface area (Å²) < 4.78 is 45.5. The van der Waals surface area contributed by atoms with Crippen LogP contribution in [0.3, 0.4) is 0 Å². The Morgan fingerprint density at radius 2 is 1.95 bits per heavy atom. The van der Waals surface area contributed by atoms with Crippen molar-refractivity contribution in [1.29, 1.82) is 0 Å². The molecule has 1 heterocycles. The maximum absolute atomic E-state index is 12.0. The zero-order valence-corrected chi connectivity index (χ0v) is 11.6. The van der Waals surface area contributed by atoms with Gasteiger partial charge in [-0.3, -0.25) is 0 Å². The molecular weight excluding hydrogens is 285 g/mol. The first kappa shape index (κ1) is 16.1.